The zero-order valence-electron chi connectivity index (χ0n) is 11.9. The Hall–Kier alpha value is -2.15. The van der Waals surface area contributed by atoms with Gasteiger partial charge in [0.1, 0.15) is 0 Å². The molecule has 0 fully saturated rings. The highest BCUT2D eigenvalue weighted by Gasteiger charge is 2.31. The summed E-state index contributed by atoms with van der Waals surface area (Å²) in [7, 11) is 0. The van der Waals surface area contributed by atoms with Crippen LogP contribution in [0.3, 0.4) is 0 Å². The van der Waals surface area contributed by atoms with E-state index in [1.165, 1.54) is 0 Å². The molecule has 9 heteroatoms. The van der Waals surface area contributed by atoms with Gasteiger partial charge >= 0.3 is 0 Å². The summed E-state index contributed by atoms with van der Waals surface area (Å²) in [5.74, 6) is -0.161. The Labute approximate surface area is 151 Å². The molecule has 1 amide bonds. The van der Waals surface area contributed by atoms with E-state index in [4.69, 9.17) is 39.3 Å². The SMILES string of the molecule is O=C(Nc1ccccc1-c1nc(-c2ccncc2)no1)C(Cl)(Cl)Cl. The van der Waals surface area contributed by atoms with Crippen molar-refractivity contribution in [2.45, 2.75) is 3.79 Å². The lowest BCUT2D eigenvalue weighted by Gasteiger charge is -2.13. The van der Waals surface area contributed by atoms with Crippen molar-refractivity contribution in [1.82, 2.24) is 15.1 Å². The van der Waals surface area contributed by atoms with Crippen LogP contribution in [0.15, 0.2) is 53.3 Å². The molecule has 0 radical (unpaired) electrons. The summed E-state index contributed by atoms with van der Waals surface area (Å²) < 4.78 is 3.20. The van der Waals surface area contributed by atoms with Crippen LogP contribution in [0.25, 0.3) is 22.8 Å². The standard InChI is InChI=1S/C15H9Cl3N4O2/c16-15(17,18)14(23)20-11-4-2-1-3-10(11)13-21-12(22-24-13)9-5-7-19-8-6-9/h1-8H,(H,20,23). The summed E-state index contributed by atoms with van der Waals surface area (Å²) >= 11 is 16.7. The van der Waals surface area contributed by atoms with E-state index in [-0.39, 0.29) is 5.89 Å². The molecule has 122 valence electrons. The molecule has 6 nitrogen and oxygen atoms in total. The number of benzene rings is 1. The van der Waals surface area contributed by atoms with Crippen molar-refractivity contribution in [3.63, 3.8) is 0 Å². The van der Waals surface area contributed by atoms with Crippen LogP contribution in [0.1, 0.15) is 0 Å². The van der Waals surface area contributed by atoms with Crippen molar-refractivity contribution in [2.24, 2.45) is 0 Å². The van der Waals surface area contributed by atoms with E-state index in [1.807, 2.05) is 0 Å². The molecule has 0 spiro atoms. The molecule has 0 saturated heterocycles. The van der Waals surface area contributed by atoms with Gasteiger partial charge in [0.2, 0.25) is 5.82 Å². The first-order valence-electron chi connectivity index (χ1n) is 6.67. The van der Waals surface area contributed by atoms with E-state index in [0.717, 1.165) is 5.56 Å². The number of aromatic nitrogens is 3. The molecule has 24 heavy (non-hydrogen) atoms. The maximum Gasteiger partial charge on any atom is 0.276 e. The van der Waals surface area contributed by atoms with E-state index in [2.05, 4.69) is 20.4 Å². The third-order valence-corrected chi connectivity index (χ3v) is 3.54. The van der Waals surface area contributed by atoms with Crippen LogP contribution in [0.2, 0.25) is 0 Å². The van der Waals surface area contributed by atoms with Gasteiger partial charge in [-0.3, -0.25) is 9.78 Å². The van der Waals surface area contributed by atoms with Gasteiger partial charge in [-0.05, 0) is 24.3 Å². The summed E-state index contributed by atoms with van der Waals surface area (Å²) in [5.41, 5.74) is 1.65. The van der Waals surface area contributed by atoms with Crippen LogP contribution in [0.5, 0.6) is 0 Å². The second-order valence-corrected chi connectivity index (χ2v) is 6.94. The number of nitrogens with one attached hydrogen (secondary N) is 1. The number of halogens is 3. The Bertz CT molecular complexity index is 862. The fourth-order valence-corrected chi connectivity index (χ4v) is 2.06. The van der Waals surface area contributed by atoms with Crippen molar-refractivity contribution in [3.8, 4) is 22.8 Å². The highest BCUT2D eigenvalue weighted by molar-refractivity contribution is 6.76. The van der Waals surface area contributed by atoms with E-state index < -0.39 is 9.70 Å². The zero-order valence-corrected chi connectivity index (χ0v) is 14.2. The van der Waals surface area contributed by atoms with Gasteiger partial charge in [0.05, 0.1) is 11.3 Å². The van der Waals surface area contributed by atoms with E-state index in [0.29, 0.717) is 17.1 Å². The van der Waals surface area contributed by atoms with Crippen LogP contribution in [0.4, 0.5) is 5.69 Å². The van der Waals surface area contributed by atoms with E-state index >= 15 is 0 Å². The van der Waals surface area contributed by atoms with E-state index in [9.17, 15) is 4.79 Å². The van der Waals surface area contributed by atoms with Gasteiger partial charge in [-0.15, -0.1) is 0 Å². The van der Waals surface area contributed by atoms with Gasteiger partial charge in [0.25, 0.3) is 15.6 Å². The molecular formula is C15H9Cl3N4O2. The Morgan fingerprint density at radius 3 is 2.50 bits per heavy atom. The Morgan fingerprint density at radius 2 is 1.79 bits per heavy atom. The molecule has 1 aromatic carbocycles. The van der Waals surface area contributed by atoms with Crippen LogP contribution in [-0.4, -0.2) is 24.8 Å². The smallest absolute Gasteiger partial charge is 0.276 e. The molecule has 3 aromatic rings. The minimum absolute atomic E-state index is 0.224. The average Bonchev–Trinajstić information content (AvgIpc) is 3.05. The second-order valence-electron chi connectivity index (χ2n) is 4.66. The van der Waals surface area contributed by atoms with E-state index in [1.54, 1.807) is 48.8 Å². The molecule has 0 atom stereocenters. The minimum Gasteiger partial charge on any atom is -0.334 e. The summed E-state index contributed by atoms with van der Waals surface area (Å²) in [4.78, 5) is 20.1. The maximum absolute atomic E-state index is 11.9. The summed E-state index contributed by atoms with van der Waals surface area (Å²) in [6.07, 6.45) is 3.25. The van der Waals surface area contributed by atoms with Gasteiger partial charge in [0.15, 0.2) is 0 Å². The molecule has 3 rings (SSSR count). The number of amides is 1. The van der Waals surface area contributed by atoms with Crippen molar-refractivity contribution in [3.05, 3.63) is 48.8 Å². The number of carbonyl (C=O) groups is 1. The summed E-state index contributed by atoms with van der Waals surface area (Å²) in [5, 5.41) is 6.45. The van der Waals surface area contributed by atoms with Gasteiger partial charge in [0, 0.05) is 18.0 Å². The Balaban J connectivity index is 1.94. The first kappa shape index (κ1) is 16.7. The van der Waals surface area contributed by atoms with Crippen molar-refractivity contribution >= 4 is 46.4 Å². The predicted octanol–water partition coefficient (Wildman–Crippen LogP) is 4.11. The van der Waals surface area contributed by atoms with Gasteiger partial charge < -0.3 is 9.84 Å². The topological polar surface area (TPSA) is 80.9 Å². The third-order valence-electron chi connectivity index (χ3n) is 3.03. The van der Waals surface area contributed by atoms with Crippen molar-refractivity contribution < 1.29 is 9.32 Å². The fourth-order valence-electron chi connectivity index (χ4n) is 1.92. The van der Waals surface area contributed by atoms with Crippen LogP contribution in [0, 0.1) is 0 Å². The molecule has 2 aromatic heterocycles. The number of anilines is 1. The molecular weight excluding hydrogens is 375 g/mol. The maximum atomic E-state index is 11.9. The number of carbonyl (C=O) groups excluding carboxylic acids is 1. The van der Waals surface area contributed by atoms with Crippen molar-refractivity contribution in [1.29, 1.82) is 0 Å². The lowest BCUT2D eigenvalue weighted by Crippen LogP contribution is -2.27. The van der Waals surface area contributed by atoms with Crippen LogP contribution >= 0.6 is 34.8 Å². The first-order valence-corrected chi connectivity index (χ1v) is 7.80. The number of para-hydroxylation sites is 1. The Morgan fingerprint density at radius 1 is 1.08 bits per heavy atom. The van der Waals surface area contributed by atoms with Gasteiger partial charge in [-0.1, -0.05) is 52.1 Å². The molecule has 2 heterocycles. The number of rotatable bonds is 3. The van der Waals surface area contributed by atoms with Gasteiger partial charge in [-0.25, -0.2) is 0 Å². The average molecular weight is 384 g/mol. The first-order chi connectivity index (χ1) is 11.4. The van der Waals surface area contributed by atoms with Crippen molar-refractivity contribution in [2.75, 3.05) is 5.32 Å². The zero-order chi connectivity index (χ0) is 17.2. The quantitative estimate of drug-likeness (QED) is 0.688. The number of hydrogen-bond acceptors (Lipinski definition) is 5. The molecule has 0 aliphatic rings. The highest BCUT2D eigenvalue weighted by Crippen LogP contribution is 2.32. The largest absolute Gasteiger partial charge is 0.334 e. The molecule has 1 N–H and O–H groups in total. The molecule has 0 aliphatic heterocycles. The normalized spacial score (nSPS) is 11.3. The Kier molecular flexibility index (Phi) is 4.71. The lowest BCUT2D eigenvalue weighted by atomic mass is 10.1. The van der Waals surface area contributed by atoms with Crippen LogP contribution in [-0.2, 0) is 4.79 Å². The summed E-state index contributed by atoms with van der Waals surface area (Å²) in [6, 6.07) is 10.3. The number of pyridine rings is 1. The number of alkyl halides is 3. The molecule has 0 saturated carbocycles. The molecule has 0 bridgehead atoms. The lowest BCUT2D eigenvalue weighted by molar-refractivity contribution is -0.115. The monoisotopic (exact) mass is 382 g/mol. The van der Waals surface area contributed by atoms with Crippen LogP contribution < -0.4 is 5.32 Å². The van der Waals surface area contributed by atoms with Gasteiger partial charge in [-0.2, -0.15) is 4.98 Å². The fraction of sp³-hybridized carbons (Fsp3) is 0.0667. The predicted molar refractivity (Wildman–Crippen MR) is 91.9 cm³/mol. The number of nitrogens with zero attached hydrogens (tertiary/aromatic N) is 3. The second kappa shape index (κ2) is 6.76. The third kappa shape index (κ3) is 3.67. The minimum atomic E-state index is -2.08. The number of hydrogen-bond donors (Lipinski definition) is 1. The highest BCUT2D eigenvalue weighted by atomic mass is 35.6. The molecule has 0 aliphatic carbocycles. The summed E-state index contributed by atoms with van der Waals surface area (Å²) in [6.45, 7) is 0. The molecule has 0 unspecified atom stereocenters.